The van der Waals surface area contributed by atoms with E-state index in [1.54, 1.807) is 20.3 Å². The van der Waals surface area contributed by atoms with Crippen molar-refractivity contribution in [3.8, 4) is 11.5 Å². The van der Waals surface area contributed by atoms with E-state index in [9.17, 15) is 4.39 Å². The molecule has 3 nitrogen and oxygen atoms in total. The lowest BCUT2D eigenvalue weighted by Gasteiger charge is -2.28. The van der Waals surface area contributed by atoms with Gasteiger partial charge in [0.15, 0.2) is 11.5 Å². The third-order valence-corrected chi connectivity index (χ3v) is 4.47. The first-order valence-corrected chi connectivity index (χ1v) is 7.94. The molecule has 2 aromatic carbocycles. The van der Waals surface area contributed by atoms with Crippen molar-refractivity contribution in [3.05, 3.63) is 58.9 Å². The van der Waals surface area contributed by atoms with Gasteiger partial charge in [-0.3, -0.25) is 0 Å². The van der Waals surface area contributed by atoms with Gasteiger partial charge in [-0.05, 0) is 60.7 Å². The van der Waals surface area contributed by atoms with Crippen LogP contribution in [0.3, 0.4) is 0 Å². The Morgan fingerprint density at radius 2 is 1.87 bits per heavy atom. The lowest BCUT2D eigenvalue weighted by molar-refractivity contribution is 0.351. The zero-order valence-electron chi connectivity index (χ0n) is 13.6. The van der Waals surface area contributed by atoms with Crippen LogP contribution in [0.2, 0.25) is 0 Å². The fourth-order valence-corrected chi connectivity index (χ4v) is 3.23. The lowest BCUT2D eigenvalue weighted by atomic mass is 9.90. The first kappa shape index (κ1) is 15.8. The summed E-state index contributed by atoms with van der Waals surface area (Å²) in [7, 11) is 3.30. The highest BCUT2D eigenvalue weighted by atomic mass is 19.1. The van der Waals surface area contributed by atoms with Crippen molar-refractivity contribution in [3.63, 3.8) is 0 Å². The van der Waals surface area contributed by atoms with E-state index in [2.05, 4.69) is 11.4 Å². The second-order valence-corrected chi connectivity index (χ2v) is 5.79. The van der Waals surface area contributed by atoms with Gasteiger partial charge in [0.2, 0.25) is 0 Å². The molecule has 0 amide bonds. The third-order valence-electron chi connectivity index (χ3n) is 4.47. The van der Waals surface area contributed by atoms with Crippen LogP contribution in [0.25, 0.3) is 0 Å². The van der Waals surface area contributed by atoms with Crippen molar-refractivity contribution in [2.75, 3.05) is 20.8 Å². The zero-order valence-corrected chi connectivity index (χ0v) is 13.6. The molecule has 1 heterocycles. The Morgan fingerprint density at radius 1 is 1.13 bits per heavy atom. The van der Waals surface area contributed by atoms with Crippen molar-refractivity contribution >= 4 is 0 Å². The van der Waals surface area contributed by atoms with E-state index >= 15 is 0 Å². The standard InChI is InChI=1S/C19H22FNO2/c1-22-18-11-14-9-10-21-17(15(14)12-19(18)23-2)8-7-13-5-3-4-6-16(13)20/h3-6,11-12,17,21H,7-10H2,1-2H3/t17-/m0/s1. The summed E-state index contributed by atoms with van der Waals surface area (Å²) >= 11 is 0. The van der Waals surface area contributed by atoms with Crippen molar-refractivity contribution in [2.24, 2.45) is 0 Å². The molecule has 0 aliphatic carbocycles. The normalized spacial score (nSPS) is 16.7. The summed E-state index contributed by atoms with van der Waals surface area (Å²) in [5, 5.41) is 3.53. The summed E-state index contributed by atoms with van der Waals surface area (Å²) in [6.45, 7) is 0.921. The summed E-state index contributed by atoms with van der Waals surface area (Å²) in [6, 6.07) is 11.3. The maximum absolute atomic E-state index is 13.8. The van der Waals surface area contributed by atoms with E-state index in [0.717, 1.165) is 36.4 Å². The molecule has 1 aliphatic rings. The van der Waals surface area contributed by atoms with E-state index in [1.807, 2.05) is 18.2 Å². The van der Waals surface area contributed by atoms with Crippen LogP contribution >= 0.6 is 0 Å². The van der Waals surface area contributed by atoms with Crippen LogP contribution in [-0.4, -0.2) is 20.8 Å². The minimum atomic E-state index is -0.129. The summed E-state index contributed by atoms with van der Waals surface area (Å²) in [5.41, 5.74) is 3.27. The second-order valence-electron chi connectivity index (χ2n) is 5.79. The maximum atomic E-state index is 13.8. The van der Waals surface area contributed by atoms with Gasteiger partial charge in [-0.1, -0.05) is 18.2 Å². The summed E-state index contributed by atoms with van der Waals surface area (Å²) < 4.78 is 24.6. The highest BCUT2D eigenvalue weighted by Crippen LogP contribution is 2.36. The number of aryl methyl sites for hydroxylation is 1. The Hall–Kier alpha value is -2.07. The number of fused-ring (bicyclic) bond motifs is 1. The van der Waals surface area contributed by atoms with Crippen LogP contribution in [0.5, 0.6) is 11.5 Å². The quantitative estimate of drug-likeness (QED) is 0.913. The molecule has 1 aliphatic heterocycles. The SMILES string of the molecule is COc1cc2c(cc1OC)[C@H](CCc1ccccc1F)NCC2. The minimum absolute atomic E-state index is 0.129. The molecule has 0 saturated carbocycles. The average Bonchev–Trinajstić information content (AvgIpc) is 2.59. The molecular weight excluding hydrogens is 293 g/mol. The number of hydrogen-bond donors (Lipinski definition) is 1. The molecule has 0 radical (unpaired) electrons. The highest BCUT2D eigenvalue weighted by Gasteiger charge is 2.22. The largest absolute Gasteiger partial charge is 0.493 e. The number of ether oxygens (including phenoxy) is 2. The van der Waals surface area contributed by atoms with Gasteiger partial charge in [-0.2, -0.15) is 0 Å². The van der Waals surface area contributed by atoms with Gasteiger partial charge in [0.1, 0.15) is 5.82 Å². The summed E-state index contributed by atoms with van der Waals surface area (Å²) in [6.07, 6.45) is 2.52. The highest BCUT2D eigenvalue weighted by molar-refractivity contribution is 5.49. The Labute approximate surface area is 136 Å². The Balaban J connectivity index is 1.82. The summed E-state index contributed by atoms with van der Waals surface area (Å²) in [5.74, 6) is 1.38. The zero-order chi connectivity index (χ0) is 16.2. The molecule has 2 aromatic rings. The van der Waals surface area contributed by atoms with E-state index in [0.29, 0.717) is 6.42 Å². The predicted octanol–water partition coefficient (Wildman–Crippen LogP) is 3.66. The van der Waals surface area contributed by atoms with Crippen molar-refractivity contribution in [1.82, 2.24) is 5.32 Å². The lowest BCUT2D eigenvalue weighted by Crippen LogP contribution is -2.30. The first-order valence-electron chi connectivity index (χ1n) is 7.94. The second kappa shape index (κ2) is 7.01. The molecule has 0 fully saturated rings. The molecule has 0 bridgehead atoms. The van der Waals surface area contributed by atoms with Gasteiger partial charge >= 0.3 is 0 Å². The van der Waals surface area contributed by atoms with Crippen LogP contribution in [0.15, 0.2) is 36.4 Å². The molecule has 1 atom stereocenters. The molecule has 0 unspecified atom stereocenters. The van der Waals surface area contributed by atoms with E-state index in [1.165, 1.54) is 17.2 Å². The molecule has 23 heavy (non-hydrogen) atoms. The van der Waals surface area contributed by atoms with Crippen LogP contribution in [-0.2, 0) is 12.8 Å². The van der Waals surface area contributed by atoms with E-state index < -0.39 is 0 Å². The van der Waals surface area contributed by atoms with E-state index in [4.69, 9.17) is 9.47 Å². The summed E-state index contributed by atoms with van der Waals surface area (Å²) in [4.78, 5) is 0. The van der Waals surface area contributed by atoms with Crippen molar-refractivity contribution in [1.29, 1.82) is 0 Å². The molecule has 3 rings (SSSR count). The van der Waals surface area contributed by atoms with Gasteiger partial charge in [0.05, 0.1) is 14.2 Å². The predicted molar refractivity (Wildman–Crippen MR) is 88.7 cm³/mol. The minimum Gasteiger partial charge on any atom is -0.493 e. The number of hydrogen-bond acceptors (Lipinski definition) is 3. The fraction of sp³-hybridized carbons (Fsp3) is 0.368. The Kier molecular flexibility index (Phi) is 4.82. The monoisotopic (exact) mass is 315 g/mol. The average molecular weight is 315 g/mol. The van der Waals surface area contributed by atoms with Crippen LogP contribution < -0.4 is 14.8 Å². The molecule has 1 N–H and O–H groups in total. The van der Waals surface area contributed by atoms with Crippen LogP contribution in [0.1, 0.15) is 29.2 Å². The van der Waals surface area contributed by atoms with Gasteiger partial charge in [0.25, 0.3) is 0 Å². The van der Waals surface area contributed by atoms with Crippen LogP contribution in [0.4, 0.5) is 4.39 Å². The molecule has 0 saturated heterocycles. The molecule has 0 aromatic heterocycles. The number of methoxy groups -OCH3 is 2. The van der Waals surface area contributed by atoms with E-state index in [-0.39, 0.29) is 11.9 Å². The number of halogens is 1. The Bertz CT molecular complexity index is 687. The molecular formula is C19H22FNO2. The van der Waals surface area contributed by atoms with Crippen molar-refractivity contribution < 1.29 is 13.9 Å². The molecule has 4 heteroatoms. The van der Waals surface area contributed by atoms with Gasteiger partial charge in [-0.15, -0.1) is 0 Å². The molecule has 122 valence electrons. The third kappa shape index (κ3) is 3.32. The smallest absolute Gasteiger partial charge is 0.161 e. The fourth-order valence-electron chi connectivity index (χ4n) is 3.23. The maximum Gasteiger partial charge on any atom is 0.161 e. The van der Waals surface area contributed by atoms with Gasteiger partial charge < -0.3 is 14.8 Å². The number of benzene rings is 2. The topological polar surface area (TPSA) is 30.5 Å². The molecule has 0 spiro atoms. The van der Waals surface area contributed by atoms with Gasteiger partial charge in [0, 0.05) is 6.04 Å². The number of rotatable bonds is 5. The van der Waals surface area contributed by atoms with Gasteiger partial charge in [-0.25, -0.2) is 4.39 Å². The van der Waals surface area contributed by atoms with Crippen LogP contribution in [0, 0.1) is 5.82 Å². The van der Waals surface area contributed by atoms with Crippen molar-refractivity contribution in [2.45, 2.75) is 25.3 Å². The Morgan fingerprint density at radius 3 is 2.61 bits per heavy atom. The first-order chi connectivity index (χ1) is 11.2. The number of nitrogens with one attached hydrogen (secondary N) is 1.